The first-order valence-electron chi connectivity index (χ1n) is 7.82. The summed E-state index contributed by atoms with van der Waals surface area (Å²) < 4.78 is 1.52. The molecule has 2 N–H and O–H groups in total. The van der Waals surface area contributed by atoms with Gasteiger partial charge in [-0.15, -0.1) is 0 Å². The Morgan fingerprint density at radius 2 is 1.68 bits per heavy atom. The molecule has 4 aromatic rings. The lowest BCUT2D eigenvalue weighted by molar-refractivity contribution is 0.852. The number of H-pyrrole nitrogens is 2. The summed E-state index contributed by atoms with van der Waals surface area (Å²) in [6.45, 7) is 0. The fourth-order valence-electron chi connectivity index (χ4n) is 2.61. The van der Waals surface area contributed by atoms with Crippen LogP contribution in [0.5, 0.6) is 0 Å². The summed E-state index contributed by atoms with van der Waals surface area (Å²) in [6, 6.07) is 20.9. The zero-order chi connectivity index (χ0) is 17.1. The van der Waals surface area contributed by atoms with Crippen molar-refractivity contribution in [1.29, 1.82) is 0 Å². The molecule has 0 radical (unpaired) electrons. The summed E-state index contributed by atoms with van der Waals surface area (Å²) >= 11 is 0. The maximum absolute atomic E-state index is 12.9. The van der Waals surface area contributed by atoms with Crippen molar-refractivity contribution in [2.45, 2.75) is 0 Å². The van der Waals surface area contributed by atoms with Gasteiger partial charge < -0.3 is 0 Å². The van der Waals surface area contributed by atoms with Gasteiger partial charge in [-0.2, -0.15) is 5.10 Å². The van der Waals surface area contributed by atoms with Crippen LogP contribution in [0, 0.1) is 0 Å². The van der Waals surface area contributed by atoms with Gasteiger partial charge in [0.15, 0.2) is 0 Å². The molecule has 2 aromatic heterocycles. The summed E-state index contributed by atoms with van der Waals surface area (Å²) in [6.07, 6.45) is 3.18. The van der Waals surface area contributed by atoms with Crippen LogP contribution in [0.15, 0.2) is 82.7 Å². The van der Waals surface area contributed by atoms with Gasteiger partial charge in [0.2, 0.25) is 0 Å². The zero-order valence-corrected chi connectivity index (χ0v) is 13.3. The van der Waals surface area contributed by atoms with Crippen LogP contribution >= 0.6 is 0 Å². The number of aliphatic imine (C=N–C) groups is 1. The molecule has 6 heteroatoms. The number of aromatic nitrogens is 4. The minimum Gasteiger partial charge on any atom is -0.290 e. The average molecular weight is 329 g/mol. The van der Waals surface area contributed by atoms with Crippen molar-refractivity contribution in [1.82, 2.24) is 20.0 Å². The van der Waals surface area contributed by atoms with Crippen LogP contribution in [-0.4, -0.2) is 26.2 Å². The second-order valence-corrected chi connectivity index (χ2v) is 5.44. The maximum atomic E-state index is 12.9. The molecule has 0 saturated heterocycles. The lowest BCUT2D eigenvalue weighted by Crippen LogP contribution is -2.17. The van der Waals surface area contributed by atoms with Gasteiger partial charge in [-0.3, -0.25) is 15.0 Å². The first-order valence-corrected chi connectivity index (χ1v) is 7.82. The standard InChI is InChI=1S/C19H15N5O/c25-19-16(13-20-17-11-12-21-22-17)18(14-7-3-1-4-8-14)23-24(19)15-9-5-2-6-10-15/h1-13,23H,(H,21,22). The van der Waals surface area contributed by atoms with Crippen LogP contribution in [0.4, 0.5) is 5.82 Å². The molecule has 0 aliphatic carbocycles. The molecule has 2 aromatic carbocycles. The number of nitrogens with one attached hydrogen (secondary N) is 2. The topological polar surface area (TPSA) is 78.8 Å². The van der Waals surface area contributed by atoms with Gasteiger partial charge in [0, 0.05) is 17.8 Å². The Hall–Kier alpha value is -3.67. The Balaban J connectivity index is 1.88. The molecular weight excluding hydrogens is 314 g/mol. The van der Waals surface area contributed by atoms with E-state index in [2.05, 4.69) is 20.3 Å². The SMILES string of the molecule is O=c1c(C=Nc2ccn[nH]2)c(-c2ccccc2)[nH]n1-c1ccccc1. The minimum absolute atomic E-state index is 0.159. The van der Waals surface area contributed by atoms with Crippen molar-refractivity contribution in [3.8, 4) is 16.9 Å². The fourth-order valence-corrected chi connectivity index (χ4v) is 2.61. The van der Waals surface area contributed by atoms with Crippen LogP contribution < -0.4 is 5.56 Å². The van der Waals surface area contributed by atoms with E-state index >= 15 is 0 Å². The van der Waals surface area contributed by atoms with Crippen molar-refractivity contribution in [2.75, 3.05) is 0 Å². The highest BCUT2D eigenvalue weighted by Gasteiger charge is 2.15. The Labute approximate surface area is 143 Å². The van der Waals surface area contributed by atoms with E-state index in [9.17, 15) is 4.79 Å². The van der Waals surface area contributed by atoms with Crippen molar-refractivity contribution < 1.29 is 0 Å². The second-order valence-electron chi connectivity index (χ2n) is 5.44. The van der Waals surface area contributed by atoms with Crippen LogP contribution in [0.3, 0.4) is 0 Å². The Bertz CT molecular complexity index is 1040. The average Bonchev–Trinajstić information content (AvgIpc) is 3.29. The molecule has 2 heterocycles. The van der Waals surface area contributed by atoms with Gasteiger partial charge >= 0.3 is 0 Å². The van der Waals surface area contributed by atoms with Gasteiger partial charge in [-0.25, -0.2) is 9.67 Å². The van der Waals surface area contributed by atoms with Crippen molar-refractivity contribution in [3.63, 3.8) is 0 Å². The third kappa shape index (κ3) is 2.92. The van der Waals surface area contributed by atoms with Gasteiger partial charge in [0.1, 0.15) is 5.82 Å². The molecule has 0 aliphatic heterocycles. The molecule has 0 spiro atoms. The highest BCUT2D eigenvalue weighted by atomic mass is 16.1. The number of hydrogen-bond donors (Lipinski definition) is 2. The zero-order valence-electron chi connectivity index (χ0n) is 13.3. The number of nitrogens with zero attached hydrogens (tertiary/aromatic N) is 3. The van der Waals surface area contributed by atoms with E-state index < -0.39 is 0 Å². The third-order valence-corrected chi connectivity index (χ3v) is 3.82. The van der Waals surface area contributed by atoms with Crippen LogP contribution in [-0.2, 0) is 0 Å². The van der Waals surface area contributed by atoms with Crippen LogP contribution in [0.25, 0.3) is 16.9 Å². The Morgan fingerprint density at radius 3 is 2.36 bits per heavy atom. The molecule has 25 heavy (non-hydrogen) atoms. The summed E-state index contributed by atoms with van der Waals surface area (Å²) in [7, 11) is 0. The summed E-state index contributed by atoms with van der Waals surface area (Å²) in [5.41, 5.74) is 2.74. The second kappa shape index (κ2) is 6.45. The molecule has 122 valence electrons. The molecule has 6 nitrogen and oxygen atoms in total. The first-order chi connectivity index (χ1) is 12.3. The summed E-state index contributed by atoms with van der Waals surface area (Å²) in [5, 5.41) is 9.82. The Kier molecular flexibility index (Phi) is 3.84. The van der Waals surface area contributed by atoms with Gasteiger partial charge in [-0.05, 0) is 12.1 Å². The number of para-hydroxylation sites is 1. The number of aromatic amines is 2. The fraction of sp³-hybridized carbons (Fsp3) is 0. The lowest BCUT2D eigenvalue weighted by Gasteiger charge is -2.01. The molecule has 0 saturated carbocycles. The highest BCUT2D eigenvalue weighted by Crippen LogP contribution is 2.20. The maximum Gasteiger partial charge on any atom is 0.280 e. The van der Waals surface area contributed by atoms with Crippen LogP contribution in [0.1, 0.15) is 5.56 Å². The molecular formula is C19H15N5O. The van der Waals surface area contributed by atoms with E-state index in [0.717, 1.165) is 16.9 Å². The lowest BCUT2D eigenvalue weighted by atomic mass is 10.1. The Morgan fingerprint density at radius 1 is 0.960 bits per heavy atom. The minimum atomic E-state index is -0.159. The normalized spacial score (nSPS) is 11.2. The summed E-state index contributed by atoms with van der Waals surface area (Å²) in [4.78, 5) is 17.3. The largest absolute Gasteiger partial charge is 0.290 e. The van der Waals surface area contributed by atoms with Crippen molar-refractivity contribution in [2.24, 2.45) is 4.99 Å². The predicted octanol–water partition coefficient (Wildman–Crippen LogP) is 3.31. The molecule has 0 aliphatic rings. The smallest absolute Gasteiger partial charge is 0.280 e. The summed E-state index contributed by atoms with van der Waals surface area (Å²) in [5.74, 6) is 0.589. The number of benzene rings is 2. The van der Waals surface area contributed by atoms with E-state index in [4.69, 9.17) is 0 Å². The van der Waals surface area contributed by atoms with E-state index in [1.165, 1.54) is 4.68 Å². The third-order valence-electron chi connectivity index (χ3n) is 3.82. The van der Waals surface area contributed by atoms with Gasteiger partial charge in [0.05, 0.1) is 23.1 Å². The number of rotatable bonds is 4. The molecule has 4 rings (SSSR count). The molecule has 0 atom stereocenters. The van der Waals surface area contributed by atoms with Crippen molar-refractivity contribution in [3.05, 3.63) is 88.8 Å². The molecule has 0 amide bonds. The van der Waals surface area contributed by atoms with Gasteiger partial charge in [0.25, 0.3) is 5.56 Å². The van der Waals surface area contributed by atoms with E-state index in [0.29, 0.717) is 11.4 Å². The molecule has 0 unspecified atom stereocenters. The molecule has 0 fully saturated rings. The quantitative estimate of drug-likeness (QED) is 0.563. The number of hydrogen-bond acceptors (Lipinski definition) is 3. The van der Waals surface area contributed by atoms with Crippen molar-refractivity contribution >= 4 is 12.0 Å². The monoisotopic (exact) mass is 329 g/mol. The van der Waals surface area contributed by atoms with E-state index in [1.807, 2.05) is 60.7 Å². The molecule has 0 bridgehead atoms. The predicted molar refractivity (Wildman–Crippen MR) is 97.7 cm³/mol. The highest BCUT2D eigenvalue weighted by molar-refractivity contribution is 5.89. The van der Waals surface area contributed by atoms with E-state index in [1.54, 1.807) is 18.5 Å². The van der Waals surface area contributed by atoms with E-state index in [-0.39, 0.29) is 5.56 Å². The first kappa shape index (κ1) is 14.9. The van der Waals surface area contributed by atoms with Gasteiger partial charge in [-0.1, -0.05) is 48.5 Å². The van der Waals surface area contributed by atoms with Crippen LogP contribution in [0.2, 0.25) is 0 Å².